The van der Waals surface area contributed by atoms with Gasteiger partial charge in [0, 0.05) is 6.42 Å². The van der Waals surface area contributed by atoms with E-state index in [0.29, 0.717) is 6.42 Å². The molecule has 188 valence electrons. The number of esters is 1. The Kier molecular flexibility index (Phi) is 11.2. The van der Waals surface area contributed by atoms with Crippen molar-refractivity contribution in [1.29, 1.82) is 0 Å². The molecular formula is C20H36O12. The normalized spacial score (nSPS) is 40.2. The molecule has 7 N–H and O–H groups in total. The van der Waals surface area contributed by atoms with Gasteiger partial charge in [0.15, 0.2) is 12.4 Å². The summed E-state index contributed by atoms with van der Waals surface area (Å²) in [6.07, 6.45) is -11.2. The van der Waals surface area contributed by atoms with Crippen LogP contribution >= 0.6 is 0 Å². The smallest absolute Gasteiger partial charge is 0.308 e. The molecule has 2 fully saturated rings. The topological polar surface area (TPSA) is 196 Å². The zero-order valence-corrected chi connectivity index (χ0v) is 18.1. The fourth-order valence-electron chi connectivity index (χ4n) is 3.69. The van der Waals surface area contributed by atoms with Gasteiger partial charge < -0.3 is 54.7 Å². The molecule has 2 heterocycles. The molecule has 2 aliphatic rings. The SMILES string of the molecule is CCCCCCCC(=O)O[C@@H]1O[C@H](CO)[C@@H](O)[C@H](O)[C@H]1O[C@H]1O[C@H](CO)[C@@H](O)[C@H](O)[C@H]1O. The van der Waals surface area contributed by atoms with E-state index >= 15 is 0 Å². The Morgan fingerprint density at radius 1 is 0.750 bits per heavy atom. The fraction of sp³-hybridized carbons (Fsp3) is 0.950. The van der Waals surface area contributed by atoms with E-state index in [9.17, 15) is 40.5 Å². The molecule has 12 nitrogen and oxygen atoms in total. The highest BCUT2D eigenvalue weighted by Gasteiger charge is 2.51. The molecule has 0 aromatic heterocycles. The molecule has 0 bridgehead atoms. The van der Waals surface area contributed by atoms with E-state index in [4.69, 9.17) is 18.9 Å². The first-order valence-electron chi connectivity index (χ1n) is 11.0. The maximum absolute atomic E-state index is 12.3. The Bertz CT molecular complexity index is 561. The Labute approximate surface area is 186 Å². The van der Waals surface area contributed by atoms with E-state index in [0.717, 1.165) is 25.7 Å². The van der Waals surface area contributed by atoms with Gasteiger partial charge in [0.05, 0.1) is 13.2 Å². The number of unbranched alkanes of at least 4 members (excludes halogenated alkanes) is 4. The molecule has 0 unspecified atom stereocenters. The van der Waals surface area contributed by atoms with Gasteiger partial charge in [-0.3, -0.25) is 4.79 Å². The van der Waals surface area contributed by atoms with Crippen molar-refractivity contribution in [3.05, 3.63) is 0 Å². The Balaban J connectivity index is 2.07. The first kappa shape index (κ1) is 27.3. The molecule has 10 atom stereocenters. The third kappa shape index (κ3) is 6.79. The molecule has 2 rings (SSSR count). The van der Waals surface area contributed by atoms with Crippen LogP contribution in [-0.2, 0) is 23.7 Å². The molecule has 0 radical (unpaired) electrons. The summed E-state index contributed by atoms with van der Waals surface area (Å²) in [5.74, 6) is -0.644. The van der Waals surface area contributed by atoms with Crippen molar-refractivity contribution in [1.82, 2.24) is 0 Å². The molecule has 0 aliphatic carbocycles. The number of aliphatic hydroxyl groups excluding tert-OH is 7. The van der Waals surface area contributed by atoms with E-state index in [1.54, 1.807) is 0 Å². The zero-order chi connectivity index (χ0) is 23.8. The van der Waals surface area contributed by atoms with Gasteiger partial charge in [-0.1, -0.05) is 32.6 Å². The van der Waals surface area contributed by atoms with E-state index in [2.05, 4.69) is 6.92 Å². The standard InChI is InChI=1S/C20H36O12/c1-2-3-4-5-6-7-12(23)31-20-18(16(27)14(25)11(9-22)30-20)32-19-17(28)15(26)13(24)10(8-21)29-19/h10-11,13-22,24-28H,2-9H2,1H3/t10-,11-,13-,14-,15+,16+,17-,18-,19-,20+/m1/s1. The van der Waals surface area contributed by atoms with Crippen LogP contribution in [0.3, 0.4) is 0 Å². The summed E-state index contributed by atoms with van der Waals surface area (Å²) in [5.41, 5.74) is 0. The minimum Gasteiger partial charge on any atom is -0.433 e. The van der Waals surface area contributed by atoms with Crippen molar-refractivity contribution >= 4 is 5.97 Å². The highest BCUT2D eigenvalue weighted by atomic mass is 16.8. The highest BCUT2D eigenvalue weighted by Crippen LogP contribution is 2.30. The summed E-state index contributed by atoms with van der Waals surface area (Å²) in [7, 11) is 0. The largest absolute Gasteiger partial charge is 0.433 e. The van der Waals surface area contributed by atoms with Crippen LogP contribution in [-0.4, -0.2) is 116 Å². The predicted molar refractivity (Wildman–Crippen MR) is 106 cm³/mol. The molecule has 0 aromatic rings. The van der Waals surface area contributed by atoms with E-state index in [-0.39, 0.29) is 6.42 Å². The number of hydrogen-bond acceptors (Lipinski definition) is 12. The van der Waals surface area contributed by atoms with Crippen molar-refractivity contribution < 1.29 is 59.5 Å². The third-order valence-electron chi connectivity index (χ3n) is 5.70. The quantitative estimate of drug-likeness (QED) is 0.125. The lowest BCUT2D eigenvalue weighted by Crippen LogP contribution is -2.64. The van der Waals surface area contributed by atoms with Crippen LogP contribution in [0.2, 0.25) is 0 Å². The van der Waals surface area contributed by atoms with Crippen LogP contribution < -0.4 is 0 Å². The second-order valence-corrected chi connectivity index (χ2v) is 8.16. The Hall–Kier alpha value is -0.930. The van der Waals surface area contributed by atoms with Crippen LogP contribution in [0, 0.1) is 0 Å². The summed E-state index contributed by atoms with van der Waals surface area (Å²) in [4.78, 5) is 12.3. The maximum Gasteiger partial charge on any atom is 0.308 e. The average Bonchev–Trinajstić information content (AvgIpc) is 2.78. The zero-order valence-electron chi connectivity index (χ0n) is 18.1. The first-order valence-corrected chi connectivity index (χ1v) is 11.0. The first-order chi connectivity index (χ1) is 15.2. The molecule has 12 heteroatoms. The van der Waals surface area contributed by atoms with Gasteiger partial charge in [0.2, 0.25) is 6.29 Å². The minimum absolute atomic E-state index is 0.0821. The summed E-state index contributed by atoms with van der Waals surface area (Å²) < 4.78 is 21.4. The average molecular weight is 468 g/mol. The minimum atomic E-state index is -1.78. The number of hydrogen-bond donors (Lipinski definition) is 7. The van der Waals surface area contributed by atoms with E-state index < -0.39 is 80.6 Å². The van der Waals surface area contributed by atoms with E-state index in [1.165, 1.54) is 0 Å². The second kappa shape index (κ2) is 13.1. The van der Waals surface area contributed by atoms with Gasteiger partial charge in [-0.2, -0.15) is 0 Å². The Morgan fingerprint density at radius 2 is 1.31 bits per heavy atom. The molecule has 0 aromatic carbocycles. The van der Waals surface area contributed by atoms with Gasteiger partial charge in [0.1, 0.15) is 42.7 Å². The van der Waals surface area contributed by atoms with Gasteiger partial charge in [-0.15, -0.1) is 0 Å². The van der Waals surface area contributed by atoms with Crippen LogP contribution in [0.15, 0.2) is 0 Å². The number of aliphatic hydroxyl groups is 7. The summed E-state index contributed by atoms with van der Waals surface area (Å²) >= 11 is 0. The molecule has 0 saturated carbocycles. The second-order valence-electron chi connectivity index (χ2n) is 8.16. The monoisotopic (exact) mass is 468 g/mol. The molecule has 0 spiro atoms. The van der Waals surface area contributed by atoms with Crippen molar-refractivity contribution in [2.45, 2.75) is 107 Å². The molecule has 0 amide bonds. The lowest BCUT2D eigenvalue weighted by atomic mass is 9.97. The number of carbonyl (C=O) groups excluding carboxylic acids is 1. The van der Waals surface area contributed by atoms with Crippen LogP contribution in [0.4, 0.5) is 0 Å². The highest BCUT2D eigenvalue weighted by molar-refractivity contribution is 5.69. The summed E-state index contributed by atoms with van der Waals surface area (Å²) in [6.45, 7) is 0.706. The summed E-state index contributed by atoms with van der Waals surface area (Å²) in [5, 5.41) is 69.4. The van der Waals surface area contributed by atoms with Crippen LogP contribution in [0.25, 0.3) is 0 Å². The lowest BCUT2D eigenvalue weighted by molar-refractivity contribution is -0.362. The van der Waals surface area contributed by atoms with Gasteiger partial charge in [-0.05, 0) is 6.42 Å². The fourth-order valence-corrected chi connectivity index (χ4v) is 3.69. The van der Waals surface area contributed by atoms with Crippen molar-refractivity contribution in [3.63, 3.8) is 0 Å². The lowest BCUT2D eigenvalue weighted by Gasteiger charge is -2.45. The molecule has 2 aliphatic heterocycles. The predicted octanol–water partition coefficient (Wildman–Crippen LogP) is -2.49. The number of ether oxygens (including phenoxy) is 4. The van der Waals surface area contributed by atoms with Crippen molar-refractivity contribution in [2.24, 2.45) is 0 Å². The molecular weight excluding hydrogens is 432 g/mol. The molecule has 32 heavy (non-hydrogen) atoms. The van der Waals surface area contributed by atoms with E-state index in [1.807, 2.05) is 0 Å². The molecule has 2 saturated heterocycles. The maximum atomic E-state index is 12.3. The van der Waals surface area contributed by atoms with Crippen molar-refractivity contribution in [2.75, 3.05) is 13.2 Å². The van der Waals surface area contributed by atoms with Gasteiger partial charge >= 0.3 is 5.97 Å². The van der Waals surface area contributed by atoms with Crippen LogP contribution in [0.1, 0.15) is 45.4 Å². The van der Waals surface area contributed by atoms with Gasteiger partial charge in [-0.25, -0.2) is 0 Å². The number of rotatable bonds is 11. The van der Waals surface area contributed by atoms with Crippen molar-refractivity contribution in [3.8, 4) is 0 Å². The number of carbonyl (C=O) groups is 1. The van der Waals surface area contributed by atoms with Crippen LogP contribution in [0.5, 0.6) is 0 Å². The van der Waals surface area contributed by atoms with Gasteiger partial charge in [0.25, 0.3) is 0 Å². The Morgan fingerprint density at radius 3 is 1.91 bits per heavy atom. The summed E-state index contributed by atoms with van der Waals surface area (Å²) in [6, 6.07) is 0. The third-order valence-corrected chi connectivity index (χ3v) is 5.70.